The lowest BCUT2D eigenvalue weighted by Gasteiger charge is -2.18. The number of hydrogen-bond donors (Lipinski definition) is 0. The molecule has 0 N–H and O–H groups in total. The molecule has 0 aromatic rings. The van der Waals surface area contributed by atoms with Crippen LogP contribution in [0.5, 0.6) is 0 Å². The van der Waals surface area contributed by atoms with Crippen molar-refractivity contribution in [2.75, 3.05) is 13.2 Å². The second-order valence-corrected chi connectivity index (χ2v) is 21.0. The van der Waals surface area contributed by atoms with Gasteiger partial charge in [-0.05, 0) is 70.6 Å². The van der Waals surface area contributed by atoms with Gasteiger partial charge in [-0.2, -0.15) is 0 Å². The number of esters is 3. The van der Waals surface area contributed by atoms with Crippen molar-refractivity contribution in [2.24, 2.45) is 0 Å². The molecule has 70 heavy (non-hydrogen) atoms. The minimum Gasteiger partial charge on any atom is -0.462 e. The minimum atomic E-state index is -0.780. The third kappa shape index (κ3) is 56.5. The molecule has 1 unspecified atom stereocenters. The Hall–Kier alpha value is -2.37. The molecule has 1 atom stereocenters. The van der Waals surface area contributed by atoms with Crippen LogP contribution in [0.15, 0.2) is 36.5 Å². The number of hydrogen-bond acceptors (Lipinski definition) is 6. The Kier molecular flexibility index (Phi) is 57.2. The van der Waals surface area contributed by atoms with E-state index in [1.807, 2.05) is 0 Å². The molecule has 0 amide bonds. The highest BCUT2D eigenvalue weighted by atomic mass is 16.6. The Morgan fingerprint density at radius 2 is 0.529 bits per heavy atom. The van der Waals surface area contributed by atoms with E-state index in [2.05, 4.69) is 57.2 Å². The molecule has 0 aliphatic carbocycles. The summed E-state index contributed by atoms with van der Waals surface area (Å²) in [5.41, 5.74) is 0. The maximum atomic E-state index is 12.8. The van der Waals surface area contributed by atoms with E-state index in [1.165, 1.54) is 205 Å². The third-order valence-electron chi connectivity index (χ3n) is 13.9. The zero-order chi connectivity index (χ0) is 50.7. The summed E-state index contributed by atoms with van der Waals surface area (Å²) in [6, 6.07) is 0. The summed E-state index contributed by atoms with van der Waals surface area (Å²) < 4.78 is 16.9. The molecule has 0 spiro atoms. The zero-order valence-electron chi connectivity index (χ0n) is 47.1. The lowest BCUT2D eigenvalue weighted by Crippen LogP contribution is -2.30. The minimum absolute atomic E-state index is 0.0769. The van der Waals surface area contributed by atoms with Crippen molar-refractivity contribution in [3.05, 3.63) is 36.5 Å². The van der Waals surface area contributed by atoms with Gasteiger partial charge in [0.25, 0.3) is 0 Å². The second kappa shape index (κ2) is 59.2. The summed E-state index contributed by atoms with van der Waals surface area (Å²) in [6.07, 6.45) is 71.6. The van der Waals surface area contributed by atoms with Gasteiger partial charge in [0.1, 0.15) is 13.2 Å². The second-order valence-electron chi connectivity index (χ2n) is 21.0. The molecular formula is C64H118O6. The Morgan fingerprint density at radius 3 is 0.857 bits per heavy atom. The molecule has 0 rings (SSSR count). The highest BCUT2D eigenvalue weighted by molar-refractivity contribution is 5.71. The molecule has 0 saturated heterocycles. The van der Waals surface area contributed by atoms with Gasteiger partial charge in [-0.3, -0.25) is 14.4 Å². The predicted octanol–water partition coefficient (Wildman–Crippen LogP) is 20.8. The van der Waals surface area contributed by atoms with Gasteiger partial charge in [0, 0.05) is 19.3 Å². The number of rotatable bonds is 57. The predicted molar refractivity (Wildman–Crippen MR) is 302 cm³/mol. The van der Waals surface area contributed by atoms with Crippen molar-refractivity contribution in [1.82, 2.24) is 0 Å². The Labute approximate surface area is 435 Å². The van der Waals surface area contributed by atoms with E-state index in [0.29, 0.717) is 19.3 Å². The molecule has 0 aromatic heterocycles. The monoisotopic (exact) mass is 983 g/mol. The summed E-state index contributed by atoms with van der Waals surface area (Å²) in [5, 5.41) is 0. The van der Waals surface area contributed by atoms with Crippen molar-refractivity contribution in [3.63, 3.8) is 0 Å². The van der Waals surface area contributed by atoms with Crippen molar-refractivity contribution in [3.8, 4) is 0 Å². The van der Waals surface area contributed by atoms with Gasteiger partial charge in [-0.1, -0.05) is 282 Å². The molecule has 0 heterocycles. The smallest absolute Gasteiger partial charge is 0.306 e. The standard InChI is InChI=1S/C64H118O6/c1-4-7-10-13-16-19-22-25-27-28-29-30-31-32-33-34-35-36-37-40-42-45-48-51-54-57-63(66)69-60-61(59-68-62(65)56-53-50-47-44-41-38-24-21-18-15-12-9-6-3)70-64(67)58-55-52-49-46-43-39-26-23-20-17-14-11-8-5-2/h14,17,21,23-24,26,61H,4-13,15-16,18-20,22,25,27-60H2,1-3H3/b17-14-,24-21-,26-23-. The van der Waals surface area contributed by atoms with Gasteiger partial charge in [0.15, 0.2) is 6.10 Å². The third-order valence-corrected chi connectivity index (χ3v) is 13.9. The fourth-order valence-corrected chi connectivity index (χ4v) is 9.16. The zero-order valence-corrected chi connectivity index (χ0v) is 47.1. The number of unbranched alkanes of at least 4 members (excludes halogenated alkanes) is 40. The van der Waals surface area contributed by atoms with E-state index in [4.69, 9.17) is 14.2 Å². The lowest BCUT2D eigenvalue weighted by molar-refractivity contribution is -0.167. The number of allylic oxidation sites excluding steroid dienone is 6. The summed E-state index contributed by atoms with van der Waals surface area (Å²) in [4.78, 5) is 38.2. The average Bonchev–Trinajstić information content (AvgIpc) is 3.36. The largest absolute Gasteiger partial charge is 0.462 e. The van der Waals surface area contributed by atoms with Gasteiger partial charge in [0.05, 0.1) is 0 Å². The lowest BCUT2D eigenvalue weighted by atomic mass is 10.0. The van der Waals surface area contributed by atoms with Crippen LogP contribution in [0.1, 0.15) is 335 Å². The van der Waals surface area contributed by atoms with Crippen LogP contribution >= 0.6 is 0 Å². The molecule has 6 heteroatoms. The Bertz CT molecular complexity index is 1170. The molecule has 0 bridgehead atoms. The first kappa shape index (κ1) is 67.6. The fraction of sp³-hybridized carbons (Fsp3) is 0.859. The van der Waals surface area contributed by atoms with E-state index >= 15 is 0 Å². The molecule has 0 aromatic carbocycles. The van der Waals surface area contributed by atoms with E-state index < -0.39 is 6.10 Å². The van der Waals surface area contributed by atoms with Gasteiger partial charge < -0.3 is 14.2 Å². The Balaban J connectivity index is 4.21. The quantitative estimate of drug-likeness (QED) is 0.0261. The van der Waals surface area contributed by atoms with Crippen LogP contribution in [0.2, 0.25) is 0 Å². The van der Waals surface area contributed by atoms with Crippen molar-refractivity contribution in [2.45, 2.75) is 341 Å². The normalized spacial score (nSPS) is 12.2. The number of ether oxygens (including phenoxy) is 3. The van der Waals surface area contributed by atoms with Crippen LogP contribution < -0.4 is 0 Å². The van der Waals surface area contributed by atoms with Gasteiger partial charge in [-0.25, -0.2) is 0 Å². The number of carbonyl (C=O) groups excluding carboxylic acids is 3. The van der Waals surface area contributed by atoms with Crippen LogP contribution in [0.4, 0.5) is 0 Å². The van der Waals surface area contributed by atoms with Crippen LogP contribution in [-0.2, 0) is 28.6 Å². The molecule has 0 aliphatic heterocycles. The molecule has 0 saturated carbocycles. The van der Waals surface area contributed by atoms with Gasteiger partial charge >= 0.3 is 17.9 Å². The summed E-state index contributed by atoms with van der Waals surface area (Å²) in [7, 11) is 0. The highest BCUT2D eigenvalue weighted by Crippen LogP contribution is 2.17. The van der Waals surface area contributed by atoms with Crippen molar-refractivity contribution < 1.29 is 28.6 Å². The first-order chi connectivity index (χ1) is 34.5. The maximum absolute atomic E-state index is 12.8. The summed E-state index contributed by atoms with van der Waals surface area (Å²) in [6.45, 7) is 6.61. The van der Waals surface area contributed by atoms with E-state index in [-0.39, 0.29) is 31.1 Å². The molecule has 0 fully saturated rings. The van der Waals surface area contributed by atoms with Crippen LogP contribution in [0.3, 0.4) is 0 Å². The molecule has 0 radical (unpaired) electrons. The van der Waals surface area contributed by atoms with E-state index in [0.717, 1.165) is 89.9 Å². The SMILES string of the molecule is CCCC/C=C\C/C=C\CCCCCCCC(=O)OC(COC(=O)CCCCCCC/C=C\CCCCCC)COC(=O)CCCCCCCCCCCCCCCCCCCCCCCCCCC. The van der Waals surface area contributed by atoms with Gasteiger partial charge in [-0.15, -0.1) is 0 Å². The molecule has 410 valence electrons. The maximum Gasteiger partial charge on any atom is 0.306 e. The molecule has 0 aliphatic rings. The summed E-state index contributed by atoms with van der Waals surface area (Å²) in [5.74, 6) is -0.882. The van der Waals surface area contributed by atoms with Crippen LogP contribution in [-0.4, -0.2) is 37.2 Å². The van der Waals surface area contributed by atoms with E-state index in [9.17, 15) is 14.4 Å². The first-order valence-electron chi connectivity index (χ1n) is 31.0. The fourth-order valence-electron chi connectivity index (χ4n) is 9.16. The first-order valence-corrected chi connectivity index (χ1v) is 31.0. The highest BCUT2D eigenvalue weighted by Gasteiger charge is 2.19. The van der Waals surface area contributed by atoms with Crippen molar-refractivity contribution >= 4 is 17.9 Å². The Morgan fingerprint density at radius 1 is 0.286 bits per heavy atom. The van der Waals surface area contributed by atoms with Gasteiger partial charge in [0.2, 0.25) is 0 Å². The van der Waals surface area contributed by atoms with Crippen LogP contribution in [0, 0.1) is 0 Å². The summed E-state index contributed by atoms with van der Waals surface area (Å²) >= 11 is 0. The average molecular weight is 984 g/mol. The molecule has 6 nitrogen and oxygen atoms in total. The topological polar surface area (TPSA) is 78.9 Å². The number of carbonyl (C=O) groups is 3. The van der Waals surface area contributed by atoms with Crippen LogP contribution in [0.25, 0.3) is 0 Å². The molecular weight excluding hydrogens is 865 g/mol. The van der Waals surface area contributed by atoms with Crippen molar-refractivity contribution in [1.29, 1.82) is 0 Å². The van der Waals surface area contributed by atoms with E-state index in [1.54, 1.807) is 0 Å².